The first-order valence-corrected chi connectivity index (χ1v) is 25.4. The summed E-state index contributed by atoms with van der Waals surface area (Å²) in [6, 6.07) is 15.0. The zero-order chi connectivity index (χ0) is 34.1. The first-order valence-electron chi connectivity index (χ1n) is 21.4. The second-order valence-electron chi connectivity index (χ2n) is 18.5. The van der Waals surface area contributed by atoms with Crippen molar-refractivity contribution >= 4 is 67.5 Å². The van der Waals surface area contributed by atoms with Crippen molar-refractivity contribution in [2.24, 2.45) is 0 Å². The van der Waals surface area contributed by atoms with Gasteiger partial charge >= 0.3 is 0 Å². The minimum absolute atomic E-state index is 0.746. The van der Waals surface area contributed by atoms with Crippen LogP contribution in [-0.2, 0) is 0 Å². The number of fused-ring (bicyclic) bond motifs is 9. The third-order valence-electron chi connectivity index (χ3n) is 16.2. The van der Waals surface area contributed by atoms with Crippen molar-refractivity contribution in [1.82, 2.24) is 0 Å². The Balaban J connectivity index is 0.978. The Bertz CT molecular complexity index is 2420. The maximum Gasteiger partial charge on any atom is 0.0531 e. The predicted molar refractivity (Wildman–Crippen MR) is 231 cm³/mol. The molecule has 0 aliphatic heterocycles. The number of rotatable bonds is 4. The molecule has 5 aromatic heterocycles. The van der Waals surface area contributed by atoms with Gasteiger partial charge in [0, 0.05) is 49.8 Å². The molecule has 268 valence electrons. The average molecular weight is 783 g/mol. The molecule has 0 spiro atoms. The Hall–Kier alpha value is -2.02. The number of thiophene rings is 5. The molecule has 0 amide bonds. The molecule has 1 aromatic carbocycles. The fourth-order valence-corrected chi connectivity index (χ4v) is 21.3. The molecular formula is C48H46S5. The van der Waals surface area contributed by atoms with E-state index in [1.165, 1.54) is 114 Å². The van der Waals surface area contributed by atoms with Crippen LogP contribution < -0.4 is 0 Å². The number of benzene rings is 1. The third-order valence-corrected chi connectivity index (χ3v) is 23.2. The molecule has 4 saturated carbocycles. The van der Waals surface area contributed by atoms with Crippen LogP contribution in [0.2, 0.25) is 0 Å². The highest BCUT2D eigenvalue weighted by Gasteiger charge is 2.45. The lowest BCUT2D eigenvalue weighted by Crippen LogP contribution is -2.22. The lowest BCUT2D eigenvalue weighted by Gasteiger charge is -2.39. The topological polar surface area (TPSA) is 0 Å². The quantitative estimate of drug-likeness (QED) is 0.167. The zero-order valence-electron chi connectivity index (χ0n) is 30.4. The van der Waals surface area contributed by atoms with Gasteiger partial charge in [-0.15, -0.1) is 56.7 Å². The van der Waals surface area contributed by atoms with Crippen molar-refractivity contribution < 1.29 is 0 Å². The smallest absolute Gasteiger partial charge is 0.0531 e. The lowest BCUT2D eigenvalue weighted by molar-refractivity contribution is 0.360. The Morgan fingerprint density at radius 1 is 0.321 bits per heavy atom. The van der Waals surface area contributed by atoms with Crippen LogP contribution in [0.1, 0.15) is 193 Å². The summed E-state index contributed by atoms with van der Waals surface area (Å²) < 4.78 is 0. The molecule has 12 aliphatic rings. The fraction of sp³-hybridized carbons (Fsp3) is 0.500. The van der Waals surface area contributed by atoms with Gasteiger partial charge in [-0.2, -0.15) is 0 Å². The van der Waals surface area contributed by atoms with Crippen LogP contribution in [0.25, 0.3) is 49.8 Å². The maximum absolute atomic E-state index is 2.73. The van der Waals surface area contributed by atoms with Crippen LogP contribution in [0.4, 0.5) is 0 Å². The molecule has 5 heteroatoms. The van der Waals surface area contributed by atoms with Crippen molar-refractivity contribution in [2.75, 3.05) is 0 Å². The summed E-state index contributed by atoms with van der Waals surface area (Å²) in [4.78, 5) is 16.8. The van der Waals surface area contributed by atoms with Gasteiger partial charge in [0.1, 0.15) is 0 Å². The molecule has 8 bridgehead atoms. The van der Waals surface area contributed by atoms with E-state index in [4.69, 9.17) is 0 Å². The Morgan fingerprint density at radius 2 is 0.660 bits per heavy atom. The Kier molecular flexibility index (Phi) is 6.64. The molecule has 5 heterocycles. The van der Waals surface area contributed by atoms with E-state index >= 15 is 0 Å². The lowest BCUT2D eigenvalue weighted by atomic mass is 9.65. The molecule has 18 rings (SSSR count). The van der Waals surface area contributed by atoms with Gasteiger partial charge in [-0.25, -0.2) is 0 Å². The minimum atomic E-state index is 0.746. The molecule has 0 unspecified atom stereocenters. The van der Waals surface area contributed by atoms with Crippen molar-refractivity contribution in [3.8, 4) is 39.0 Å². The van der Waals surface area contributed by atoms with Gasteiger partial charge < -0.3 is 0 Å². The molecule has 4 fully saturated rings. The summed E-state index contributed by atoms with van der Waals surface area (Å²) in [6.07, 6.45) is 22.8. The summed E-state index contributed by atoms with van der Waals surface area (Å²) in [5.41, 5.74) is 10.8. The minimum Gasteiger partial charge on any atom is -0.139 e. The molecule has 12 aliphatic carbocycles. The van der Waals surface area contributed by atoms with E-state index in [-0.39, 0.29) is 0 Å². The van der Waals surface area contributed by atoms with Gasteiger partial charge in [-0.05, 0) is 196 Å². The molecular weight excluding hydrogens is 737 g/mol. The van der Waals surface area contributed by atoms with Crippen LogP contribution in [0.3, 0.4) is 0 Å². The standard InChI is InChI=1S/C48H46S5/c1-2-4-32-31(3-1)43(35-21-33-23-5-17-29(18-6-23)41(33)49-35)51-44(32)46-39-27-13-15-28(16-14-27)40(39)48(53-46)47-38-26-11-9-25(10-12-26)37(38)45(52-47)36-22-34-24-7-19-30(20-8-24)42(34)50-36/h1-4,21-30H,5-20H2. The van der Waals surface area contributed by atoms with Crippen molar-refractivity contribution in [3.63, 3.8) is 0 Å². The van der Waals surface area contributed by atoms with Crippen LogP contribution in [0.5, 0.6) is 0 Å². The second-order valence-corrected chi connectivity index (χ2v) is 23.8. The van der Waals surface area contributed by atoms with Gasteiger partial charge in [-0.3, -0.25) is 0 Å². The van der Waals surface area contributed by atoms with Crippen LogP contribution in [0.15, 0.2) is 36.4 Å². The number of hydrogen-bond acceptors (Lipinski definition) is 5. The summed E-state index contributed by atoms with van der Waals surface area (Å²) in [6.45, 7) is 0. The Morgan fingerprint density at radius 3 is 1.13 bits per heavy atom. The van der Waals surface area contributed by atoms with E-state index in [1.807, 2.05) is 22.3 Å². The van der Waals surface area contributed by atoms with E-state index in [0.29, 0.717) is 0 Å². The first-order chi connectivity index (χ1) is 26.2. The molecule has 0 atom stereocenters. The molecule has 6 aromatic rings. The molecule has 0 radical (unpaired) electrons. The molecule has 0 nitrogen and oxygen atoms in total. The van der Waals surface area contributed by atoms with Crippen molar-refractivity contribution in [1.29, 1.82) is 0 Å². The summed E-state index contributed by atoms with van der Waals surface area (Å²) in [5.74, 6) is 6.40. The SMILES string of the molecule is c1ccc2c(-c3sc(-c4sc(-c5cc6c(s5)C5CCC6CC5)c5c4C4CCC5CC4)c4c3C3CCC4CC3)sc(-c3cc4c(s3)C3CCC4CC3)c2c1. The zero-order valence-corrected chi connectivity index (χ0v) is 34.5. The van der Waals surface area contributed by atoms with E-state index in [0.717, 1.165) is 47.3 Å². The maximum atomic E-state index is 2.73. The average Bonchev–Trinajstić information content (AvgIpc) is 4.07. The second kappa shape index (κ2) is 11.3. The van der Waals surface area contributed by atoms with Gasteiger partial charge in [0.25, 0.3) is 0 Å². The highest BCUT2D eigenvalue weighted by molar-refractivity contribution is 7.31. The highest BCUT2D eigenvalue weighted by Crippen LogP contribution is 2.67. The van der Waals surface area contributed by atoms with Gasteiger partial charge in [0.2, 0.25) is 0 Å². The van der Waals surface area contributed by atoms with Gasteiger partial charge in [-0.1, -0.05) is 24.3 Å². The largest absolute Gasteiger partial charge is 0.139 e. The fourth-order valence-electron chi connectivity index (χ4n) is 13.7. The van der Waals surface area contributed by atoms with Crippen LogP contribution in [0, 0.1) is 0 Å². The van der Waals surface area contributed by atoms with Crippen LogP contribution >= 0.6 is 56.7 Å². The predicted octanol–water partition coefficient (Wildman–Crippen LogP) is 16.8. The third kappa shape index (κ3) is 4.23. The van der Waals surface area contributed by atoms with Crippen LogP contribution in [-0.4, -0.2) is 0 Å². The number of hydrogen-bond donors (Lipinski definition) is 0. The summed E-state index contributed by atoms with van der Waals surface area (Å²) in [7, 11) is 0. The van der Waals surface area contributed by atoms with Gasteiger partial charge in [0.05, 0.1) is 9.75 Å². The molecule has 0 saturated heterocycles. The first kappa shape index (κ1) is 31.1. The highest BCUT2D eigenvalue weighted by atomic mass is 32.1. The monoisotopic (exact) mass is 782 g/mol. The van der Waals surface area contributed by atoms with Crippen molar-refractivity contribution in [2.45, 2.75) is 150 Å². The van der Waals surface area contributed by atoms with E-state index < -0.39 is 0 Å². The molecule has 53 heavy (non-hydrogen) atoms. The van der Waals surface area contributed by atoms with Crippen molar-refractivity contribution in [3.05, 3.63) is 79.5 Å². The van der Waals surface area contributed by atoms with E-state index in [1.54, 1.807) is 59.9 Å². The summed E-state index contributed by atoms with van der Waals surface area (Å²) in [5, 5.41) is 3.03. The molecule has 0 N–H and O–H groups in total. The van der Waals surface area contributed by atoms with Gasteiger partial charge in [0.15, 0.2) is 0 Å². The van der Waals surface area contributed by atoms with E-state index in [2.05, 4.69) is 93.1 Å². The Labute approximate surface area is 333 Å². The van der Waals surface area contributed by atoms with E-state index in [9.17, 15) is 0 Å². The normalized spacial score (nSPS) is 31.3. The summed E-state index contributed by atoms with van der Waals surface area (Å²) >= 11 is 11.1.